The molecule has 0 radical (unpaired) electrons. The number of carbonyl (C=O) groups excluding carboxylic acids is 2. The summed E-state index contributed by atoms with van der Waals surface area (Å²) in [6.45, 7) is 2.05. The van der Waals surface area contributed by atoms with Gasteiger partial charge in [-0.05, 0) is 19.8 Å². The summed E-state index contributed by atoms with van der Waals surface area (Å²) in [4.78, 5) is 25.9. The van der Waals surface area contributed by atoms with Crippen LogP contribution in [0.15, 0.2) is 10.6 Å². The molecule has 0 saturated heterocycles. The molecule has 2 rings (SSSR count). The number of likely N-dealkylation sites (N-methyl/N-ethyl adjacent to an activating group) is 1. The van der Waals surface area contributed by atoms with E-state index < -0.39 is 5.41 Å². The predicted molar refractivity (Wildman–Crippen MR) is 77.5 cm³/mol. The molecule has 2 amide bonds. The van der Waals surface area contributed by atoms with E-state index in [1.54, 1.807) is 20.0 Å². The van der Waals surface area contributed by atoms with Crippen LogP contribution in [-0.2, 0) is 9.59 Å². The molecular formula is C14H22N4O3. The SMILES string of the molecule is Cc1cc(NC(=O)CN(C)C(=O)C2(CN)CCCC2)no1. The summed E-state index contributed by atoms with van der Waals surface area (Å²) in [5.41, 5.74) is 5.31. The van der Waals surface area contributed by atoms with Crippen LogP contribution in [0.1, 0.15) is 31.4 Å². The Morgan fingerprint density at radius 1 is 1.48 bits per heavy atom. The van der Waals surface area contributed by atoms with Gasteiger partial charge in [-0.3, -0.25) is 9.59 Å². The first-order valence-electron chi connectivity index (χ1n) is 7.16. The Hall–Kier alpha value is -1.89. The first kappa shape index (κ1) is 15.5. The minimum atomic E-state index is -0.487. The highest BCUT2D eigenvalue weighted by atomic mass is 16.5. The van der Waals surface area contributed by atoms with Gasteiger partial charge in [0.05, 0.1) is 12.0 Å². The number of nitrogens with one attached hydrogen (secondary N) is 1. The molecule has 0 bridgehead atoms. The smallest absolute Gasteiger partial charge is 0.245 e. The van der Waals surface area contributed by atoms with Gasteiger partial charge in [0.1, 0.15) is 5.76 Å². The predicted octanol–water partition coefficient (Wildman–Crippen LogP) is 0.899. The van der Waals surface area contributed by atoms with Crippen LogP contribution < -0.4 is 11.1 Å². The second-order valence-electron chi connectivity index (χ2n) is 5.72. The minimum Gasteiger partial charge on any atom is -0.360 e. The Kier molecular flexibility index (Phi) is 4.62. The molecule has 116 valence electrons. The molecule has 1 fully saturated rings. The van der Waals surface area contributed by atoms with Crippen LogP contribution in [0.2, 0.25) is 0 Å². The lowest BCUT2D eigenvalue weighted by Crippen LogP contribution is -2.47. The Morgan fingerprint density at radius 3 is 2.67 bits per heavy atom. The molecule has 7 heteroatoms. The number of nitrogens with two attached hydrogens (primary N) is 1. The first-order valence-corrected chi connectivity index (χ1v) is 7.16. The molecular weight excluding hydrogens is 272 g/mol. The summed E-state index contributed by atoms with van der Waals surface area (Å²) >= 11 is 0. The van der Waals surface area contributed by atoms with Crippen molar-refractivity contribution < 1.29 is 14.1 Å². The van der Waals surface area contributed by atoms with Crippen molar-refractivity contribution in [2.45, 2.75) is 32.6 Å². The quantitative estimate of drug-likeness (QED) is 0.840. The van der Waals surface area contributed by atoms with Crippen LogP contribution in [0.4, 0.5) is 5.82 Å². The molecule has 1 aromatic rings. The van der Waals surface area contributed by atoms with Crippen molar-refractivity contribution in [2.75, 3.05) is 25.5 Å². The number of aryl methyl sites for hydroxylation is 1. The number of nitrogens with zero attached hydrogens (tertiary/aromatic N) is 2. The molecule has 1 aromatic heterocycles. The molecule has 0 aliphatic heterocycles. The molecule has 0 atom stereocenters. The molecule has 0 aromatic carbocycles. The molecule has 21 heavy (non-hydrogen) atoms. The summed E-state index contributed by atoms with van der Waals surface area (Å²) in [6, 6.07) is 1.62. The fourth-order valence-corrected chi connectivity index (χ4v) is 2.86. The van der Waals surface area contributed by atoms with Gasteiger partial charge in [0.2, 0.25) is 11.8 Å². The van der Waals surface area contributed by atoms with Crippen molar-refractivity contribution in [1.29, 1.82) is 0 Å². The normalized spacial score (nSPS) is 16.7. The van der Waals surface area contributed by atoms with E-state index in [4.69, 9.17) is 10.3 Å². The highest BCUT2D eigenvalue weighted by Gasteiger charge is 2.41. The van der Waals surface area contributed by atoms with E-state index in [2.05, 4.69) is 10.5 Å². The number of aromatic nitrogens is 1. The third kappa shape index (κ3) is 3.41. The highest BCUT2D eigenvalue weighted by Crippen LogP contribution is 2.38. The van der Waals surface area contributed by atoms with Gasteiger partial charge in [-0.1, -0.05) is 18.0 Å². The van der Waals surface area contributed by atoms with Crippen molar-refractivity contribution in [1.82, 2.24) is 10.1 Å². The Labute approximate surface area is 123 Å². The largest absolute Gasteiger partial charge is 0.360 e. The van der Waals surface area contributed by atoms with E-state index in [1.807, 2.05) is 0 Å². The summed E-state index contributed by atoms with van der Waals surface area (Å²) in [6.07, 6.45) is 3.63. The van der Waals surface area contributed by atoms with Gasteiger partial charge < -0.3 is 20.5 Å². The number of rotatable bonds is 5. The summed E-state index contributed by atoms with van der Waals surface area (Å²) < 4.78 is 4.87. The number of hydrogen-bond donors (Lipinski definition) is 2. The van der Waals surface area contributed by atoms with Crippen LogP contribution in [-0.4, -0.2) is 42.0 Å². The van der Waals surface area contributed by atoms with Gasteiger partial charge in [-0.15, -0.1) is 0 Å². The van der Waals surface area contributed by atoms with Gasteiger partial charge in [0, 0.05) is 19.7 Å². The summed E-state index contributed by atoms with van der Waals surface area (Å²) in [7, 11) is 1.63. The van der Waals surface area contributed by atoms with Crippen molar-refractivity contribution in [2.24, 2.45) is 11.1 Å². The highest BCUT2D eigenvalue weighted by molar-refractivity contribution is 5.94. The van der Waals surface area contributed by atoms with Gasteiger partial charge in [-0.2, -0.15) is 0 Å². The monoisotopic (exact) mass is 294 g/mol. The zero-order chi connectivity index (χ0) is 15.5. The van der Waals surface area contributed by atoms with E-state index in [-0.39, 0.29) is 18.4 Å². The van der Waals surface area contributed by atoms with Gasteiger partial charge in [-0.25, -0.2) is 0 Å². The standard InChI is InChI=1S/C14H22N4O3/c1-10-7-11(17-21-10)16-12(19)8-18(2)13(20)14(9-15)5-3-4-6-14/h7H,3-6,8-9,15H2,1-2H3,(H,16,17,19). The number of anilines is 1. The minimum absolute atomic E-state index is 0.0213. The molecule has 3 N–H and O–H groups in total. The lowest BCUT2D eigenvalue weighted by Gasteiger charge is -2.30. The number of amides is 2. The van der Waals surface area contributed by atoms with E-state index in [0.717, 1.165) is 25.7 Å². The maximum atomic E-state index is 12.5. The zero-order valence-corrected chi connectivity index (χ0v) is 12.5. The van der Waals surface area contributed by atoms with Crippen molar-refractivity contribution in [3.8, 4) is 0 Å². The molecule has 0 spiro atoms. The van der Waals surface area contributed by atoms with Gasteiger partial charge in [0.15, 0.2) is 5.82 Å². The van der Waals surface area contributed by atoms with Crippen LogP contribution >= 0.6 is 0 Å². The van der Waals surface area contributed by atoms with Crippen molar-refractivity contribution >= 4 is 17.6 Å². The van der Waals surface area contributed by atoms with E-state index in [0.29, 0.717) is 18.1 Å². The third-order valence-electron chi connectivity index (χ3n) is 4.03. The van der Waals surface area contributed by atoms with Crippen LogP contribution in [0, 0.1) is 12.3 Å². The van der Waals surface area contributed by atoms with Gasteiger partial charge in [0.25, 0.3) is 0 Å². The molecule has 1 heterocycles. The van der Waals surface area contributed by atoms with Gasteiger partial charge >= 0.3 is 0 Å². The average molecular weight is 294 g/mol. The molecule has 1 aliphatic carbocycles. The second kappa shape index (κ2) is 6.26. The molecule has 1 saturated carbocycles. The van der Waals surface area contributed by atoms with E-state index >= 15 is 0 Å². The Bertz CT molecular complexity index is 520. The van der Waals surface area contributed by atoms with Crippen LogP contribution in [0.3, 0.4) is 0 Å². The van der Waals surface area contributed by atoms with Crippen LogP contribution in [0.25, 0.3) is 0 Å². The van der Waals surface area contributed by atoms with E-state index in [9.17, 15) is 9.59 Å². The number of hydrogen-bond acceptors (Lipinski definition) is 5. The lowest BCUT2D eigenvalue weighted by molar-refractivity contribution is -0.142. The lowest BCUT2D eigenvalue weighted by atomic mass is 9.85. The fraction of sp³-hybridized carbons (Fsp3) is 0.643. The molecule has 7 nitrogen and oxygen atoms in total. The summed E-state index contributed by atoms with van der Waals surface area (Å²) in [5.74, 6) is 0.619. The Balaban J connectivity index is 1.92. The maximum Gasteiger partial charge on any atom is 0.245 e. The topological polar surface area (TPSA) is 101 Å². The van der Waals surface area contributed by atoms with Crippen molar-refractivity contribution in [3.63, 3.8) is 0 Å². The third-order valence-corrected chi connectivity index (χ3v) is 4.03. The maximum absolute atomic E-state index is 12.5. The Morgan fingerprint density at radius 2 is 2.14 bits per heavy atom. The second-order valence-corrected chi connectivity index (χ2v) is 5.72. The van der Waals surface area contributed by atoms with Crippen molar-refractivity contribution in [3.05, 3.63) is 11.8 Å². The fourth-order valence-electron chi connectivity index (χ4n) is 2.86. The number of carbonyl (C=O) groups is 2. The molecule has 0 unspecified atom stereocenters. The summed E-state index contributed by atoms with van der Waals surface area (Å²) in [5, 5.41) is 6.29. The zero-order valence-electron chi connectivity index (χ0n) is 12.5. The molecule has 1 aliphatic rings. The van der Waals surface area contributed by atoms with Crippen LogP contribution in [0.5, 0.6) is 0 Å². The van der Waals surface area contributed by atoms with E-state index in [1.165, 1.54) is 4.90 Å². The average Bonchev–Trinajstić information content (AvgIpc) is 3.07. The first-order chi connectivity index (χ1) is 9.97.